The van der Waals surface area contributed by atoms with Crippen LogP contribution in [0.2, 0.25) is 0 Å². The molecular weight excluding hydrogens is 380 g/mol. The normalized spacial score (nSPS) is 12.7. The van der Waals surface area contributed by atoms with Crippen LogP contribution in [-0.4, -0.2) is 17.5 Å². The molecule has 2 N–H and O–H groups in total. The van der Waals surface area contributed by atoms with Gasteiger partial charge in [-0.25, -0.2) is 9.98 Å². The van der Waals surface area contributed by atoms with Crippen molar-refractivity contribution in [2.75, 3.05) is 10.6 Å². The van der Waals surface area contributed by atoms with E-state index in [1.54, 1.807) is 0 Å². The van der Waals surface area contributed by atoms with Crippen molar-refractivity contribution in [3.05, 3.63) is 103 Å². The number of para-hydroxylation sites is 1. The van der Waals surface area contributed by atoms with Crippen LogP contribution in [0.15, 0.2) is 113 Å². The van der Waals surface area contributed by atoms with Crippen LogP contribution >= 0.6 is 0 Å². The largest absolute Gasteiger partial charge is 0.383 e. The summed E-state index contributed by atoms with van der Waals surface area (Å²) in [5, 5.41) is 6.82. The van der Waals surface area contributed by atoms with Gasteiger partial charge in [-0.3, -0.25) is 0 Å². The van der Waals surface area contributed by atoms with Gasteiger partial charge in [0, 0.05) is 23.1 Å². The third-order valence-corrected chi connectivity index (χ3v) is 4.62. The van der Waals surface area contributed by atoms with E-state index in [0.29, 0.717) is 6.04 Å². The number of allylic oxidation sites excluding steroid dienone is 4. The maximum absolute atomic E-state index is 4.70. The maximum Gasteiger partial charge on any atom is 0.0638 e. The van der Waals surface area contributed by atoms with Crippen LogP contribution in [0, 0.1) is 0 Å². The van der Waals surface area contributed by atoms with E-state index in [0.717, 1.165) is 39.9 Å². The van der Waals surface area contributed by atoms with E-state index in [1.165, 1.54) is 0 Å². The Morgan fingerprint density at radius 3 is 1.52 bits per heavy atom. The van der Waals surface area contributed by atoms with Crippen molar-refractivity contribution in [1.82, 2.24) is 0 Å². The molecule has 0 heterocycles. The minimum Gasteiger partial charge on any atom is -0.383 e. The summed E-state index contributed by atoms with van der Waals surface area (Å²) in [6, 6.07) is 26.8. The molecular formula is C27H26N4. The predicted octanol–water partition coefficient (Wildman–Crippen LogP) is 7.22. The Labute approximate surface area is 183 Å². The average Bonchev–Trinajstić information content (AvgIpc) is 2.78. The van der Waals surface area contributed by atoms with E-state index in [9.17, 15) is 0 Å². The fraction of sp³-hybridized carbons (Fsp3) is 0.111. The highest BCUT2D eigenvalue weighted by Crippen LogP contribution is 2.22. The van der Waals surface area contributed by atoms with Crippen molar-refractivity contribution < 1.29 is 0 Å². The molecule has 0 unspecified atom stereocenters. The maximum atomic E-state index is 4.70. The minimum absolute atomic E-state index is 0.421. The summed E-state index contributed by atoms with van der Waals surface area (Å²) < 4.78 is 0. The van der Waals surface area contributed by atoms with Gasteiger partial charge in [-0.05, 0) is 98.8 Å². The van der Waals surface area contributed by atoms with E-state index in [-0.39, 0.29) is 0 Å². The fourth-order valence-electron chi connectivity index (χ4n) is 3.17. The summed E-state index contributed by atoms with van der Waals surface area (Å²) in [4.78, 5) is 9.31. The van der Waals surface area contributed by atoms with Gasteiger partial charge in [0.05, 0.1) is 22.8 Å². The molecule has 0 aliphatic heterocycles. The Morgan fingerprint density at radius 2 is 1.00 bits per heavy atom. The lowest BCUT2D eigenvalue weighted by atomic mass is 10.1. The molecule has 0 aromatic heterocycles. The zero-order valence-corrected chi connectivity index (χ0v) is 17.8. The van der Waals surface area contributed by atoms with Crippen molar-refractivity contribution in [2.24, 2.45) is 9.98 Å². The molecule has 0 radical (unpaired) electrons. The van der Waals surface area contributed by atoms with Gasteiger partial charge in [0.15, 0.2) is 0 Å². The standard InChI is InChI=1S/C27H26N4/c1-20(2)28-22-8-10-24(11-9-22)30-26-16-18-27(19-17-26)31-25-14-12-23(13-15-25)29-21-6-4-3-5-7-21/h3-20,28,30H,1-2H3. The molecule has 0 saturated carbocycles. The van der Waals surface area contributed by atoms with Gasteiger partial charge in [-0.15, -0.1) is 0 Å². The number of hydrogen-bond donors (Lipinski definition) is 2. The van der Waals surface area contributed by atoms with Gasteiger partial charge in [-0.1, -0.05) is 18.2 Å². The van der Waals surface area contributed by atoms with Gasteiger partial charge >= 0.3 is 0 Å². The monoisotopic (exact) mass is 406 g/mol. The number of nitrogens with one attached hydrogen (secondary N) is 2. The van der Waals surface area contributed by atoms with Crippen LogP contribution in [-0.2, 0) is 0 Å². The number of nitrogens with zero attached hydrogens (tertiary/aromatic N) is 2. The lowest BCUT2D eigenvalue weighted by Gasteiger charge is -2.11. The lowest BCUT2D eigenvalue weighted by Crippen LogP contribution is -2.09. The summed E-state index contributed by atoms with van der Waals surface area (Å²) in [5.74, 6) is 0. The van der Waals surface area contributed by atoms with E-state index in [4.69, 9.17) is 4.99 Å². The molecule has 0 amide bonds. The molecule has 4 nitrogen and oxygen atoms in total. The molecule has 4 rings (SSSR count). The van der Waals surface area contributed by atoms with Gasteiger partial charge < -0.3 is 10.6 Å². The topological polar surface area (TPSA) is 48.8 Å². The van der Waals surface area contributed by atoms with Crippen molar-refractivity contribution in [3.63, 3.8) is 0 Å². The molecule has 1 aliphatic rings. The molecule has 154 valence electrons. The van der Waals surface area contributed by atoms with Crippen molar-refractivity contribution >= 4 is 39.9 Å². The zero-order valence-electron chi connectivity index (χ0n) is 17.8. The Hall–Kier alpha value is -3.92. The summed E-state index contributed by atoms with van der Waals surface area (Å²) in [6.07, 6.45) is 7.94. The first kappa shape index (κ1) is 20.4. The second-order valence-corrected chi connectivity index (χ2v) is 7.62. The van der Waals surface area contributed by atoms with Crippen LogP contribution in [0.4, 0.5) is 28.4 Å². The SMILES string of the molecule is CC(C)Nc1ccc(Nc2ccc(N=C3C=CC(=Nc4ccccc4)C=C3)cc2)cc1. The smallest absolute Gasteiger partial charge is 0.0638 e. The first-order valence-electron chi connectivity index (χ1n) is 10.5. The molecule has 0 fully saturated rings. The first-order valence-corrected chi connectivity index (χ1v) is 10.5. The average molecular weight is 407 g/mol. The molecule has 0 bridgehead atoms. The Bertz CT molecular complexity index is 1100. The van der Waals surface area contributed by atoms with Crippen molar-refractivity contribution in [3.8, 4) is 0 Å². The highest BCUT2D eigenvalue weighted by atomic mass is 14.9. The van der Waals surface area contributed by atoms with E-state index in [2.05, 4.69) is 53.7 Å². The molecule has 0 atom stereocenters. The Kier molecular flexibility index (Phi) is 6.38. The van der Waals surface area contributed by atoms with Gasteiger partial charge in [-0.2, -0.15) is 0 Å². The predicted molar refractivity (Wildman–Crippen MR) is 134 cm³/mol. The summed E-state index contributed by atoms with van der Waals surface area (Å²) >= 11 is 0. The van der Waals surface area contributed by atoms with Crippen LogP contribution in [0.25, 0.3) is 0 Å². The summed E-state index contributed by atoms with van der Waals surface area (Å²) in [5.41, 5.74) is 6.88. The van der Waals surface area contributed by atoms with Gasteiger partial charge in [0.25, 0.3) is 0 Å². The summed E-state index contributed by atoms with van der Waals surface area (Å²) in [6.45, 7) is 4.26. The van der Waals surface area contributed by atoms with E-state index < -0.39 is 0 Å². The number of aliphatic imine (C=N–C) groups is 2. The van der Waals surface area contributed by atoms with Crippen LogP contribution in [0.5, 0.6) is 0 Å². The second-order valence-electron chi connectivity index (χ2n) is 7.62. The third kappa shape index (κ3) is 6.03. The molecule has 0 saturated heterocycles. The van der Waals surface area contributed by atoms with Crippen molar-refractivity contribution in [1.29, 1.82) is 0 Å². The molecule has 3 aromatic carbocycles. The van der Waals surface area contributed by atoms with Gasteiger partial charge in [0.1, 0.15) is 0 Å². The fourth-order valence-corrected chi connectivity index (χ4v) is 3.17. The number of rotatable bonds is 6. The molecule has 1 aliphatic carbocycles. The Morgan fingerprint density at radius 1 is 0.548 bits per heavy atom. The highest BCUT2D eigenvalue weighted by Gasteiger charge is 2.01. The minimum atomic E-state index is 0.421. The highest BCUT2D eigenvalue weighted by molar-refractivity contribution is 6.19. The molecule has 4 heteroatoms. The lowest BCUT2D eigenvalue weighted by molar-refractivity contribution is 0.900. The van der Waals surface area contributed by atoms with E-state index in [1.807, 2.05) is 78.9 Å². The van der Waals surface area contributed by atoms with Crippen LogP contribution in [0.1, 0.15) is 13.8 Å². The number of benzene rings is 3. The molecule has 0 spiro atoms. The second kappa shape index (κ2) is 9.72. The Balaban J connectivity index is 1.37. The van der Waals surface area contributed by atoms with Crippen LogP contribution < -0.4 is 10.6 Å². The zero-order chi connectivity index (χ0) is 21.5. The number of hydrogen-bond acceptors (Lipinski definition) is 4. The summed E-state index contributed by atoms with van der Waals surface area (Å²) in [7, 11) is 0. The quantitative estimate of drug-likeness (QED) is 0.425. The van der Waals surface area contributed by atoms with Crippen LogP contribution in [0.3, 0.4) is 0 Å². The van der Waals surface area contributed by atoms with E-state index >= 15 is 0 Å². The first-order chi connectivity index (χ1) is 15.1. The third-order valence-electron chi connectivity index (χ3n) is 4.62. The van der Waals surface area contributed by atoms with Gasteiger partial charge in [0.2, 0.25) is 0 Å². The molecule has 3 aromatic rings. The number of anilines is 3. The molecule has 31 heavy (non-hydrogen) atoms. The van der Waals surface area contributed by atoms with Crippen molar-refractivity contribution in [2.45, 2.75) is 19.9 Å².